The lowest BCUT2D eigenvalue weighted by Crippen LogP contribution is -2.40. The average Bonchev–Trinajstić information content (AvgIpc) is 2.16. The van der Waals surface area contributed by atoms with E-state index in [0.717, 1.165) is 0 Å². The third-order valence-corrected chi connectivity index (χ3v) is 2.09. The molecule has 0 radical (unpaired) electrons. The van der Waals surface area contributed by atoms with Crippen LogP contribution in [0, 0.1) is 0 Å². The zero-order valence-electron chi connectivity index (χ0n) is 5.80. The molecule has 12 heavy (non-hydrogen) atoms. The maximum atomic E-state index is 11.8. The number of hydrogen-bond donors (Lipinski definition) is 0. The molecule has 8 heteroatoms. The van der Waals surface area contributed by atoms with Crippen LogP contribution in [0.25, 0.3) is 0 Å². The zero-order valence-corrected chi connectivity index (χ0v) is 6.61. The molecule has 0 aliphatic carbocycles. The Hall–Kier alpha value is -0.655. The number of amides is 2. The standard InChI is InChI=1S/C4H4BF3NO2S/c6-5(7,8)2-9-3(10)1-12-4(9)11/h1-2H2/q-1. The van der Waals surface area contributed by atoms with Crippen LogP contribution in [0.15, 0.2) is 0 Å². The van der Waals surface area contributed by atoms with E-state index in [-0.39, 0.29) is 10.7 Å². The molecule has 0 aromatic carbocycles. The molecule has 0 bridgehead atoms. The normalized spacial score (nSPS) is 19.1. The van der Waals surface area contributed by atoms with Crippen LogP contribution >= 0.6 is 11.8 Å². The number of hydrogen-bond acceptors (Lipinski definition) is 3. The first kappa shape index (κ1) is 9.43. The van der Waals surface area contributed by atoms with Crippen molar-refractivity contribution in [1.29, 1.82) is 0 Å². The van der Waals surface area contributed by atoms with Crippen molar-refractivity contribution in [3.63, 3.8) is 0 Å². The number of halogens is 3. The quantitative estimate of drug-likeness (QED) is 0.622. The summed E-state index contributed by atoms with van der Waals surface area (Å²) < 4.78 is 35.3. The Labute approximate surface area is 70.3 Å². The maximum absolute atomic E-state index is 11.8. The summed E-state index contributed by atoms with van der Waals surface area (Å²) in [5.41, 5.74) is 0. The number of rotatable bonds is 2. The molecule has 1 heterocycles. The van der Waals surface area contributed by atoms with Gasteiger partial charge in [-0.2, -0.15) is 0 Å². The van der Waals surface area contributed by atoms with Crippen LogP contribution in [0.5, 0.6) is 0 Å². The van der Waals surface area contributed by atoms with Crippen LogP contribution in [0.4, 0.5) is 17.7 Å². The molecule has 68 valence electrons. The summed E-state index contributed by atoms with van der Waals surface area (Å²) in [4.78, 5) is 21.5. The van der Waals surface area contributed by atoms with Gasteiger partial charge in [0.2, 0.25) is 5.91 Å². The van der Waals surface area contributed by atoms with Crippen LogP contribution in [0.2, 0.25) is 0 Å². The van der Waals surface area contributed by atoms with E-state index in [1.54, 1.807) is 0 Å². The predicted octanol–water partition coefficient (Wildman–Crippen LogP) is 1.07. The van der Waals surface area contributed by atoms with Gasteiger partial charge in [0.25, 0.3) is 5.24 Å². The van der Waals surface area contributed by atoms with E-state index in [1.165, 1.54) is 0 Å². The van der Waals surface area contributed by atoms with Crippen LogP contribution in [0.3, 0.4) is 0 Å². The highest BCUT2D eigenvalue weighted by Gasteiger charge is 2.36. The molecule has 3 nitrogen and oxygen atoms in total. The Bertz CT molecular complexity index is 215. The molecule has 0 aromatic heterocycles. The smallest absolute Gasteiger partial charge is 0.448 e. The Morgan fingerprint density at radius 2 is 2.00 bits per heavy atom. The molecule has 1 fully saturated rings. The Morgan fingerprint density at radius 1 is 1.42 bits per heavy atom. The van der Waals surface area contributed by atoms with Gasteiger partial charge in [0.1, 0.15) is 0 Å². The van der Waals surface area contributed by atoms with Crippen molar-refractivity contribution in [3.8, 4) is 0 Å². The highest BCUT2D eigenvalue weighted by atomic mass is 32.2. The van der Waals surface area contributed by atoms with Crippen molar-refractivity contribution in [1.82, 2.24) is 4.90 Å². The second kappa shape index (κ2) is 3.00. The van der Waals surface area contributed by atoms with Crippen molar-refractivity contribution in [2.45, 2.75) is 0 Å². The van der Waals surface area contributed by atoms with Gasteiger partial charge < -0.3 is 12.9 Å². The molecule has 0 atom stereocenters. The third-order valence-electron chi connectivity index (χ3n) is 1.23. The third kappa shape index (κ3) is 2.16. The lowest BCUT2D eigenvalue weighted by Gasteiger charge is -2.20. The number of nitrogens with zero attached hydrogens (tertiary/aromatic N) is 1. The van der Waals surface area contributed by atoms with Crippen molar-refractivity contribution in [3.05, 3.63) is 0 Å². The second-order valence-corrected chi connectivity index (χ2v) is 3.20. The molecule has 0 aromatic rings. The van der Waals surface area contributed by atoms with Gasteiger partial charge in [-0.15, -0.1) is 0 Å². The molecule has 1 aliphatic rings. The van der Waals surface area contributed by atoms with Gasteiger partial charge in [-0.3, -0.25) is 14.5 Å². The van der Waals surface area contributed by atoms with Crippen molar-refractivity contribution >= 4 is 29.9 Å². The van der Waals surface area contributed by atoms with Gasteiger partial charge >= 0.3 is 6.98 Å². The Kier molecular flexibility index (Phi) is 2.36. The van der Waals surface area contributed by atoms with Gasteiger partial charge in [-0.25, -0.2) is 0 Å². The van der Waals surface area contributed by atoms with E-state index in [2.05, 4.69) is 0 Å². The predicted molar refractivity (Wildman–Crippen MR) is 38.6 cm³/mol. The van der Waals surface area contributed by atoms with Crippen LogP contribution in [-0.2, 0) is 4.79 Å². The van der Waals surface area contributed by atoms with E-state index in [1.807, 2.05) is 0 Å². The fourth-order valence-corrected chi connectivity index (χ4v) is 1.50. The molecular weight excluding hydrogens is 194 g/mol. The second-order valence-electron chi connectivity index (χ2n) is 2.27. The first-order chi connectivity index (χ1) is 5.40. The Morgan fingerprint density at radius 3 is 2.33 bits per heavy atom. The summed E-state index contributed by atoms with van der Waals surface area (Å²) in [5.74, 6) is -0.936. The van der Waals surface area contributed by atoms with E-state index in [9.17, 15) is 22.5 Å². The van der Waals surface area contributed by atoms with Crippen LogP contribution in [-0.4, -0.2) is 35.2 Å². The number of thioether (sulfide) groups is 1. The van der Waals surface area contributed by atoms with E-state index in [0.29, 0.717) is 11.8 Å². The van der Waals surface area contributed by atoms with Crippen LogP contribution in [0.1, 0.15) is 0 Å². The molecule has 0 N–H and O–H groups in total. The lowest BCUT2D eigenvalue weighted by molar-refractivity contribution is -0.124. The topological polar surface area (TPSA) is 37.4 Å². The molecule has 0 saturated carbocycles. The summed E-state index contributed by atoms with van der Waals surface area (Å²) in [5, 5.41) is -0.806. The van der Waals surface area contributed by atoms with E-state index in [4.69, 9.17) is 0 Å². The summed E-state index contributed by atoms with van der Waals surface area (Å²) >= 11 is 0.602. The van der Waals surface area contributed by atoms with Crippen LogP contribution < -0.4 is 0 Å². The summed E-state index contributed by atoms with van der Waals surface area (Å²) in [6.07, 6.45) is -1.41. The molecule has 0 spiro atoms. The van der Waals surface area contributed by atoms with Crippen molar-refractivity contribution in [2.24, 2.45) is 0 Å². The summed E-state index contributed by atoms with van der Waals surface area (Å²) in [6, 6.07) is 0. The maximum Gasteiger partial charge on any atom is 0.497 e. The highest BCUT2D eigenvalue weighted by molar-refractivity contribution is 8.14. The van der Waals surface area contributed by atoms with Gasteiger partial charge in [0.05, 0.1) is 5.75 Å². The first-order valence-electron chi connectivity index (χ1n) is 3.08. The van der Waals surface area contributed by atoms with Gasteiger partial charge in [-0.1, -0.05) is 11.8 Å². The minimum atomic E-state index is -5.10. The monoisotopic (exact) mass is 198 g/mol. The Balaban J connectivity index is 2.62. The fraction of sp³-hybridized carbons (Fsp3) is 0.500. The summed E-state index contributed by atoms with van der Waals surface area (Å²) in [6.45, 7) is -5.10. The molecule has 1 aliphatic heterocycles. The first-order valence-corrected chi connectivity index (χ1v) is 4.07. The largest absolute Gasteiger partial charge is 0.497 e. The zero-order chi connectivity index (χ0) is 9.35. The number of carbonyl (C=O) groups is 2. The van der Waals surface area contributed by atoms with Crippen molar-refractivity contribution in [2.75, 3.05) is 12.2 Å². The minimum Gasteiger partial charge on any atom is -0.448 e. The molecule has 2 amide bonds. The van der Waals surface area contributed by atoms with Gasteiger partial charge in [-0.05, 0) is 6.44 Å². The van der Waals surface area contributed by atoms with Gasteiger partial charge in [0.15, 0.2) is 0 Å². The van der Waals surface area contributed by atoms with Crippen molar-refractivity contribution < 1.29 is 22.5 Å². The minimum absolute atomic E-state index is 0.176. The molecule has 0 unspecified atom stereocenters. The number of imide groups is 1. The average molecular weight is 198 g/mol. The SMILES string of the molecule is O=C1CSC(=O)N1C[B-](F)(F)F. The highest BCUT2D eigenvalue weighted by Crippen LogP contribution is 2.21. The molecular formula is C4H4BF3NO2S-. The van der Waals surface area contributed by atoms with E-state index < -0.39 is 24.6 Å². The fourth-order valence-electron chi connectivity index (χ4n) is 0.765. The van der Waals surface area contributed by atoms with E-state index >= 15 is 0 Å². The summed E-state index contributed by atoms with van der Waals surface area (Å²) in [7, 11) is 0. The molecule has 1 saturated heterocycles. The molecule has 1 rings (SSSR count). The lowest BCUT2D eigenvalue weighted by atomic mass is 9.91. The number of carbonyl (C=O) groups excluding carboxylic acids is 2. The van der Waals surface area contributed by atoms with Gasteiger partial charge in [0, 0.05) is 0 Å².